The Hall–Kier alpha value is -3.49. The van der Waals surface area contributed by atoms with Crippen molar-refractivity contribution in [1.82, 2.24) is 24.6 Å². The van der Waals surface area contributed by atoms with Crippen LogP contribution in [0.4, 0.5) is 0 Å². The summed E-state index contributed by atoms with van der Waals surface area (Å²) in [4.78, 5) is 23.2. The van der Waals surface area contributed by atoms with E-state index in [2.05, 4.69) is 15.1 Å². The number of rotatable bonds is 6. The monoisotopic (exact) mass is 463 g/mol. The molecule has 2 aromatic carbocycles. The van der Waals surface area contributed by atoms with Gasteiger partial charge in [-0.05, 0) is 35.9 Å². The van der Waals surface area contributed by atoms with Crippen LogP contribution in [0, 0.1) is 0 Å². The number of hydrogen-bond acceptors (Lipinski definition) is 6. The van der Waals surface area contributed by atoms with E-state index in [0.29, 0.717) is 56.0 Å². The molecule has 0 bridgehead atoms. The fourth-order valence-corrected chi connectivity index (χ4v) is 3.96. The lowest BCUT2D eigenvalue weighted by atomic mass is 10.2. The summed E-state index contributed by atoms with van der Waals surface area (Å²) in [7, 11) is 0. The zero-order valence-electron chi connectivity index (χ0n) is 17.9. The molecule has 9 heteroatoms. The molecule has 33 heavy (non-hydrogen) atoms. The highest BCUT2D eigenvalue weighted by molar-refractivity contribution is 6.32. The molecule has 0 saturated carbocycles. The SMILES string of the molecule is O=C(CCn1cnc2cc(-c3noc(C=Cc4ccccc4Cl)n3)ccc21)N1CCOCC1. The topological polar surface area (TPSA) is 86.3 Å². The fraction of sp³-hybridized carbons (Fsp3) is 0.250. The molecule has 0 atom stereocenters. The van der Waals surface area contributed by atoms with Gasteiger partial charge in [-0.1, -0.05) is 35.0 Å². The number of aryl methyl sites for hydroxylation is 1. The number of morpholine rings is 1. The van der Waals surface area contributed by atoms with Crippen LogP contribution in [0.2, 0.25) is 5.02 Å². The van der Waals surface area contributed by atoms with Gasteiger partial charge in [0, 0.05) is 42.7 Å². The van der Waals surface area contributed by atoms with Gasteiger partial charge in [-0.2, -0.15) is 4.98 Å². The minimum absolute atomic E-state index is 0.140. The Morgan fingerprint density at radius 2 is 1.97 bits per heavy atom. The van der Waals surface area contributed by atoms with Crippen LogP contribution >= 0.6 is 11.6 Å². The standard InChI is InChI=1S/C24H22ClN5O3/c25-19-4-2-1-3-17(19)6-8-22-27-24(28-33-22)18-5-7-21-20(15-18)26-16-30(21)10-9-23(31)29-11-13-32-14-12-29/h1-8,15-16H,9-14H2. The number of fused-ring (bicyclic) bond motifs is 1. The first-order valence-corrected chi connectivity index (χ1v) is 11.1. The molecule has 0 radical (unpaired) electrons. The fourth-order valence-electron chi connectivity index (χ4n) is 3.76. The van der Waals surface area contributed by atoms with Crippen molar-refractivity contribution < 1.29 is 14.1 Å². The predicted octanol–water partition coefficient (Wildman–Crippen LogP) is 4.16. The molecule has 0 unspecified atom stereocenters. The van der Waals surface area contributed by atoms with E-state index in [1.54, 1.807) is 12.4 Å². The predicted molar refractivity (Wildman–Crippen MR) is 125 cm³/mol. The second kappa shape index (κ2) is 9.56. The lowest BCUT2D eigenvalue weighted by Gasteiger charge is -2.26. The van der Waals surface area contributed by atoms with E-state index in [0.717, 1.165) is 22.2 Å². The molecule has 1 aliphatic heterocycles. The maximum absolute atomic E-state index is 12.4. The Labute approximate surface area is 195 Å². The zero-order valence-corrected chi connectivity index (χ0v) is 18.6. The zero-order chi connectivity index (χ0) is 22.6. The lowest BCUT2D eigenvalue weighted by Crippen LogP contribution is -2.40. The third kappa shape index (κ3) is 4.81. The summed E-state index contributed by atoms with van der Waals surface area (Å²) < 4.78 is 12.7. The molecule has 0 N–H and O–H groups in total. The first-order chi connectivity index (χ1) is 16.2. The Morgan fingerprint density at radius 3 is 2.82 bits per heavy atom. The number of aromatic nitrogens is 4. The molecule has 1 aliphatic rings. The van der Waals surface area contributed by atoms with Crippen LogP contribution in [0.1, 0.15) is 17.9 Å². The van der Waals surface area contributed by atoms with Crippen molar-refractivity contribution in [2.45, 2.75) is 13.0 Å². The van der Waals surface area contributed by atoms with Gasteiger partial charge in [-0.3, -0.25) is 4.79 Å². The highest BCUT2D eigenvalue weighted by Gasteiger charge is 2.17. The average Bonchev–Trinajstić information content (AvgIpc) is 3.49. The molecular weight excluding hydrogens is 442 g/mol. The van der Waals surface area contributed by atoms with Crippen molar-refractivity contribution in [1.29, 1.82) is 0 Å². The molecular formula is C24H22ClN5O3. The van der Waals surface area contributed by atoms with Gasteiger partial charge < -0.3 is 18.7 Å². The summed E-state index contributed by atoms with van der Waals surface area (Å²) in [6.07, 6.45) is 5.76. The van der Waals surface area contributed by atoms with E-state index in [9.17, 15) is 4.79 Å². The van der Waals surface area contributed by atoms with Crippen LogP contribution in [-0.2, 0) is 16.1 Å². The molecule has 2 aromatic heterocycles. The number of ether oxygens (including phenoxy) is 1. The summed E-state index contributed by atoms with van der Waals surface area (Å²) in [5.74, 6) is 1.01. The van der Waals surface area contributed by atoms with Crippen molar-refractivity contribution in [3.05, 3.63) is 65.3 Å². The molecule has 1 amide bonds. The Balaban J connectivity index is 1.28. The third-order valence-electron chi connectivity index (χ3n) is 5.56. The summed E-state index contributed by atoms with van der Waals surface area (Å²) in [5, 5.41) is 4.73. The maximum atomic E-state index is 12.4. The van der Waals surface area contributed by atoms with E-state index < -0.39 is 0 Å². The number of imidazole rings is 1. The van der Waals surface area contributed by atoms with Crippen LogP contribution in [0.15, 0.2) is 53.3 Å². The van der Waals surface area contributed by atoms with Gasteiger partial charge >= 0.3 is 0 Å². The Morgan fingerprint density at radius 1 is 1.12 bits per heavy atom. The normalized spacial score (nSPS) is 14.4. The van der Waals surface area contributed by atoms with Gasteiger partial charge in [0.05, 0.1) is 30.6 Å². The maximum Gasteiger partial charge on any atom is 0.250 e. The lowest BCUT2D eigenvalue weighted by molar-refractivity contribution is -0.135. The number of hydrogen-bond donors (Lipinski definition) is 0. The average molecular weight is 464 g/mol. The number of carbonyl (C=O) groups is 1. The second-order valence-corrected chi connectivity index (χ2v) is 8.10. The minimum atomic E-state index is 0.140. The molecule has 168 valence electrons. The number of benzene rings is 2. The van der Waals surface area contributed by atoms with E-state index >= 15 is 0 Å². The first kappa shape index (κ1) is 21.4. The molecule has 5 rings (SSSR count). The van der Waals surface area contributed by atoms with Crippen molar-refractivity contribution in [3.8, 4) is 11.4 Å². The molecule has 4 aromatic rings. The number of amides is 1. The molecule has 1 fully saturated rings. The van der Waals surface area contributed by atoms with Gasteiger partial charge in [0.25, 0.3) is 5.89 Å². The smallest absolute Gasteiger partial charge is 0.250 e. The largest absolute Gasteiger partial charge is 0.378 e. The van der Waals surface area contributed by atoms with E-state index in [1.165, 1.54) is 0 Å². The quantitative estimate of drug-likeness (QED) is 0.427. The van der Waals surface area contributed by atoms with Crippen LogP contribution < -0.4 is 0 Å². The van der Waals surface area contributed by atoms with Crippen molar-refractivity contribution >= 4 is 40.7 Å². The van der Waals surface area contributed by atoms with Crippen LogP contribution in [0.25, 0.3) is 34.6 Å². The van der Waals surface area contributed by atoms with E-state index in [-0.39, 0.29) is 5.91 Å². The summed E-state index contributed by atoms with van der Waals surface area (Å²) in [6.45, 7) is 3.11. The van der Waals surface area contributed by atoms with E-state index in [1.807, 2.05) is 58.0 Å². The van der Waals surface area contributed by atoms with Gasteiger partial charge in [-0.25, -0.2) is 4.98 Å². The minimum Gasteiger partial charge on any atom is -0.378 e. The molecule has 1 saturated heterocycles. The van der Waals surface area contributed by atoms with Crippen molar-refractivity contribution in [3.63, 3.8) is 0 Å². The number of carbonyl (C=O) groups excluding carboxylic acids is 1. The number of nitrogens with zero attached hydrogens (tertiary/aromatic N) is 5. The molecule has 3 heterocycles. The summed E-state index contributed by atoms with van der Waals surface area (Å²) in [6, 6.07) is 13.3. The number of halogens is 1. The Kier molecular flexibility index (Phi) is 6.19. The molecule has 0 aliphatic carbocycles. The highest BCUT2D eigenvalue weighted by Crippen LogP contribution is 2.23. The van der Waals surface area contributed by atoms with Gasteiger partial charge in [0.2, 0.25) is 11.7 Å². The van der Waals surface area contributed by atoms with Crippen LogP contribution in [0.5, 0.6) is 0 Å². The van der Waals surface area contributed by atoms with E-state index in [4.69, 9.17) is 20.9 Å². The molecule has 8 nitrogen and oxygen atoms in total. The van der Waals surface area contributed by atoms with Gasteiger partial charge in [0.15, 0.2) is 0 Å². The first-order valence-electron chi connectivity index (χ1n) is 10.7. The van der Waals surface area contributed by atoms with Crippen LogP contribution in [0.3, 0.4) is 0 Å². The second-order valence-electron chi connectivity index (χ2n) is 7.70. The summed E-state index contributed by atoms with van der Waals surface area (Å²) >= 11 is 6.18. The highest BCUT2D eigenvalue weighted by atomic mass is 35.5. The van der Waals surface area contributed by atoms with Crippen LogP contribution in [-0.4, -0.2) is 56.8 Å². The van der Waals surface area contributed by atoms with Crippen molar-refractivity contribution in [2.24, 2.45) is 0 Å². The third-order valence-corrected chi connectivity index (χ3v) is 5.91. The summed E-state index contributed by atoms with van der Waals surface area (Å²) in [5.41, 5.74) is 3.44. The Bertz CT molecular complexity index is 1310. The molecule has 0 spiro atoms. The van der Waals surface area contributed by atoms with Gasteiger partial charge in [0.1, 0.15) is 0 Å². The van der Waals surface area contributed by atoms with Crippen molar-refractivity contribution in [2.75, 3.05) is 26.3 Å². The van der Waals surface area contributed by atoms with Gasteiger partial charge in [-0.15, -0.1) is 0 Å².